The highest BCUT2D eigenvalue weighted by Crippen LogP contribution is 2.56. The van der Waals surface area contributed by atoms with Gasteiger partial charge in [-0.2, -0.15) is 0 Å². The van der Waals surface area contributed by atoms with Gasteiger partial charge < -0.3 is 0 Å². The molecule has 1 spiro atoms. The van der Waals surface area contributed by atoms with Crippen molar-refractivity contribution in [3.8, 4) is 0 Å². The van der Waals surface area contributed by atoms with Gasteiger partial charge in [0.2, 0.25) is 0 Å². The highest BCUT2D eigenvalue weighted by atomic mass is 17.1. The predicted octanol–water partition coefficient (Wildman–Crippen LogP) is 11.8. The van der Waals surface area contributed by atoms with Crippen LogP contribution in [-0.4, -0.2) is 23.7 Å². The summed E-state index contributed by atoms with van der Waals surface area (Å²) < 4.78 is 0. The van der Waals surface area contributed by atoms with Gasteiger partial charge in [0, 0.05) is 0 Å². The van der Waals surface area contributed by atoms with Crippen molar-refractivity contribution in [2.24, 2.45) is 29.1 Å². The topological polar surface area (TPSA) is 58.9 Å². The summed E-state index contributed by atoms with van der Waals surface area (Å²) >= 11 is 0. The maximum absolute atomic E-state index is 9.69. The van der Waals surface area contributed by atoms with Crippen LogP contribution in [0.15, 0.2) is 12.2 Å². The highest BCUT2D eigenvalue weighted by molar-refractivity contribution is 5.15. The van der Waals surface area contributed by atoms with Crippen molar-refractivity contribution in [3.63, 3.8) is 0 Å². The van der Waals surface area contributed by atoms with Crippen molar-refractivity contribution in [1.82, 2.24) is 0 Å². The molecule has 0 aromatic carbocycles. The molecule has 1 fully saturated rings. The van der Waals surface area contributed by atoms with E-state index >= 15 is 0 Å². The number of allylic oxidation sites excluding steroid dienone is 2. The molecule has 2 rings (SSSR count). The molecule has 0 amide bonds. The van der Waals surface area contributed by atoms with Crippen LogP contribution in [0.2, 0.25) is 0 Å². The van der Waals surface area contributed by atoms with Crippen molar-refractivity contribution in [3.05, 3.63) is 12.2 Å². The molecule has 0 aliphatic heterocycles. The van der Waals surface area contributed by atoms with E-state index in [2.05, 4.69) is 30.9 Å². The molecule has 0 bridgehead atoms. The Hall–Kier alpha value is -0.420. The maximum atomic E-state index is 9.69. The zero-order valence-electron chi connectivity index (χ0n) is 26.8. The van der Waals surface area contributed by atoms with Crippen LogP contribution in [0.25, 0.3) is 0 Å². The number of unbranched alkanes of at least 4 members (excludes halogenated alkanes) is 13. The molecule has 0 aromatic heterocycles. The lowest BCUT2D eigenvalue weighted by molar-refractivity contribution is -0.260. The molecule has 2 aliphatic carbocycles. The maximum Gasteiger partial charge on any atom is 0.0856 e. The Morgan fingerprint density at radius 1 is 0.650 bits per heavy atom. The fourth-order valence-corrected chi connectivity index (χ4v) is 8.36. The first-order valence-corrected chi connectivity index (χ1v) is 18.0. The van der Waals surface area contributed by atoms with E-state index in [4.69, 9.17) is 10.1 Å². The third kappa shape index (κ3) is 12.8. The smallest absolute Gasteiger partial charge is 0.0856 e. The molecule has 4 nitrogen and oxygen atoms in total. The molecule has 40 heavy (non-hydrogen) atoms. The fourth-order valence-electron chi connectivity index (χ4n) is 8.36. The van der Waals surface area contributed by atoms with E-state index in [1.54, 1.807) is 0 Å². The van der Waals surface area contributed by atoms with Crippen molar-refractivity contribution in [2.45, 2.75) is 174 Å². The first-order valence-electron chi connectivity index (χ1n) is 18.0. The molecule has 5 unspecified atom stereocenters. The van der Waals surface area contributed by atoms with Crippen LogP contribution >= 0.6 is 0 Å². The lowest BCUT2D eigenvalue weighted by Crippen LogP contribution is -2.47. The average molecular weight is 565 g/mol. The normalized spacial score (nSPS) is 27.2. The molecular weight excluding hydrogens is 496 g/mol. The zero-order chi connectivity index (χ0) is 28.7. The molecule has 5 atom stereocenters. The first-order chi connectivity index (χ1) is 19.7. The molecule has 4 heteroatoms. The standard InChI is InChI=1S/C36H68O4/c1-3-5-7-17-23-32-27-29-36(28-21-15-14-18-24-33(36)31-40-38)35(34(32)25-19-8-6-4-2)26-20-13-11-9-10-12-16-22-30-39-37/h27,29,32-35,37-38H,3-26,28,30-31H2,1-2H3. The Labute approximate surface area is 248 Å². The molecule has 0 radical (unpaired) electrons. The summed E-state index contributed by atoms with van der Waals surface area (Å²) in [6, 6.07) is 0. The fraction of sp³-hybridized carbons (Fsp3) is 0.944. The number of hydrogen-bond acceptors (Lipinski definition) is 4. The summed E-state index contributed by atoms with van der Waals surface area (Å²) in [5.74, 6) is 2.70. The van der Waals surface area contributed by atoms with Gasteiger partial charge >= 0.3 is 0 Å². The van der Waals surface area contributed by atoms with Gasteiger partial charge in [-0.25, -0.2) is 9.78 Å². The van der Waals surface area contributed by atoms with Gasteiger partial charge in [-0.15, -0.1) is 0 Å². The lowest BCUT2D eigenvalue weighted by Gasteiger charge is -2.53. The van der Waals surface area contributed by atoms with Gasteiger partial charge in [-0.05, 0) is 67.6 Å². The second kappa shape index (κ2) is 23.1. The quantitative estimate of drug-likeness (QED) is 0.0561. The van der Waals surface area contributed by atoms with Crippen molar-refractivity contribution < 1.29 is 20.3 Å². The summed E-state index contributed by atoms with van der Waals surface area (Å²) in [7, 11) is 0. The van der Waals surface area contributed by atoms with Gasteiger partial charge in [0.15, 0.2) is 0 Å². The van der Waals surface area contributed by atoms with Gasteiger partial charge in [0.05, 0.1) is 13.2 Å². The first kappa shape index (κ1) is 35.8. The van der Waals surface area contributed by atoms with Crippen LogP contribution in [0.4, 0.5) is 0 Å². The van der Waals surface area contributed by atoms with Crippen LogP contribution < -0.4 is 0 Å². The summed E-state index contributed by atoms with van der Waals surface area (Å²) in [4.78, 5) is 9.17. The van der Waals surface area contributed by atoms with E-state index in [-0.39, 0.29) is 5.41 Å². The minimum absolute atomic E-state index is 0.202. The van der Waals surface area contributed by atoms with Crippen molar-refractivity contribution in [1.29, 1.82) is 0 Å². The lowest BCUT2D eigenvalue weighted by atomic mass is 9.52. The summed E-state index contributed by atoms with van der Waals surface area (Å²) in [5, 5.41) is 18.2. The average Bonchev–Trinajstić information content (AvgIpc) is 2.95. The molecule has 0 heterocycles. The molecule has 0 saturated heterocycles. The molecular formula is C36H68O4. The SMILES string of the molecule is CCCCCCC1C=CC2(CCCCCCC2COO)C(CCCCCCCCCCOO)C1CCCCCC. The van der Waals surface area contributed by atoms with Gasteiger partial charge in [-0.3, -0.25) is 10.5 Å². The summed E-state index contributed by atoms with van der Waals surface area (Å²) in [6.07, 6.45) is 38.2. The number of hydrogen-bond donors (Lipinski definition) is 2. The largest absolute Gasteiger partial charge is 0.252 e. The van der Waals surface area contributed by atoms with Gasteiger partial charge in [-0.1, -0.05) is 148 Å². The van der Waals surface area contributed by atoms with Gasteiger partial charge in [0.1, 0.15) is 0 Å². The Morgan fingerprint density at radius 2 is 1.25 bits per heavy atom. The Balaban J connectivity index is 2.15. The molecule has 2 aliphatic rings. The van der Waals surface area contributed by atoms with E-state index in [1.807, 2.05) is 0 Å². The zero-order valence-corrected chi connectivity index (χ0v) is 26.8. The van der Waals surface area contributed by atoms with E-state index < -0.39 is 0 Å². The highest BCUT2D eigenvalue weighted by Gasteiger charge is 2.49. The van der Waals surface area contributed by atoms with Crippen LogP contribution in [0.3, 0.4) is 0 Å². The van der Waals surface area contributed by atoms with E-state index in [0.29, 0.717) is 19.1 Å². The Bertz CT molecular complexity index is 608. The third-order valence-electron chi connectivity index (χ3n) is 10.6. The third-order valence-corrected chi connectivity index (χ3v) is 10.6. The molecule has 2 N–H and O–H groups in total. The van der Waals surface area contributed by atoms with E-state index in [9.17, 15) is 5.26 Å². The van der Waals surface area contributed by atoms with E-state index in [1.165, 1.54) is 148 Å². The van der Waals surface area contributed by atoms with E-state index in [0.717, 1.165) is 30.6 Å². The Morgan fingerprint density at radius 3 is 1.93 bits per heavy atom. The van der Waals surface area contributed by atoms with Crippen LogP contribution in [0.5, 0.6) is 0 Å². The van der Waals surface area contributed by atoms with Crippen molar-refractivity contribution >= 4 is 0 Å². The van der Waals surface area contributed by atoms with Crippen LogP contribution in [0, 0.1) is 29.1 Å². The van der Waals surface area contributed by atoms with Crippen LogP contribution in [0.1, 0.15) is 174 Å². The number of rotatable bonds is 23. The minimum Gasteiger partial charge on any atom is -0.252 e. The summed E-state index contributed by atoms with van der Waals surface area (Å²) in [6.45, 7) is 5.63. The monoisotopic (exact) mass is 565 g/mol. The molecule has 1 saturated carbocycles. The second-order valence-electron chi connectivity index (χ2n) is 13.5. The summed E-state index contributed by atoms with van der Waals surface area (Å²) in [5.41, 5.74) is 0.202. The second-order valence-corrected chi connectivity index (χ2v) is 13.5. The van der Waals surface area contributed by atoms with Crippen LogP contribution in [-0.2, 0) is 9.78 Å². The van der Waals surface area contributed by atoms with Crippen molar-refractivity contribution in [2.75, 3.05) is 13.2 Å². The molecule has 236 valence electrons. The van der Waals surface area contributed by atoms with Gasteiger partial charge in [0.25, 0.3) is 0 Å². The molecule has 0 aromatic rings. The Kier molecular flexibility index (Phi) is 20.6. The minimum atomic E-state index is 0.202. The predicted molar refractivity (Wildman–Crippen MR) is 169 cm³/mol.